The molecule has 1 amide bonds. The highest BCUT2D eigenvalue weighted by molar-refractivity contribution is 5.92. The second kappa shape index (κ2) is 7.96. The molecule has 0 bridgehead atoms. The van der Waals surface area contributed by atoms with E-state index in [1.54, 1.807) is 12.1 Å². The molecule has 1 aromatic carbocycles. The SMILES string of the molecule is CCC(C)NC(=O)c1ccc(Nc2ccc(N3CCCC3)cc2)nn1. The quantitative estimate of drug-likeness (QED) is 0.844. The minimum absolute atomic E-state index is 0.126. The highest BCUT2D eigenvalue weighted by atomic mass is 16.2. The van der Waals surface area contributed by atoms with Crippen LogP contribution in [0.2, 0.25) is 0 Å². The molecule has 6 nitrogen and oxygen atoms in total. The van der Waals surface area contributed by atoms with Crippen LogP contribution in [-0.2, 0) is 0 Å². The molecule has 0 saturated carbocycles. The van der Waals surface area contributed by atoms with Crippen LogP contribution in [0.4, 0.5) is 17.2 Å². The maximum atomic E-state index is 12.0. The zero-order valence-corrected chi connectivity index (χ0v) is 14.8. The molecule has 1 saturated heterocycles. The molecule has 3 rings (SSSR count). The van der Waals surface area contributed by atoms with Crippen molar-refractivity contribution in [3.63, 3.8) is 0 Å². The second-order valence-corrected chi connectivity index (χ2v) is 6.45. The molecule has 1 fully saturated rings. The third kappa shape index (κ3) is 4.47. The summed E-state index contributed by atoms with van der Waals surface area (Å²) < 4.78 is 0. The van der Waals surface area contributed by atoms with Crippen molar-refractivity contribution in [2.45, 2.75) is 39.2 Å². The van der Waals surface area contributed by atoms with Gasteiger partial charge < -0.3 is 15.5 Å². The number of carbonyl (C=O) groups excluding carboxylic acids is 1. The number of amides is 1. The van der Waals surface area contributed by atoms with E-state index in [0.29, 0.717) is 11.5 Å². The van der Waals surface area contributed by atoms with Crippen LogP contribution in [0.1, 0.15) is 43.6 Å². The molecule has 1 aliphatic rings. The maximum Gasteiger partial charge on any atom is 0.272 e. The van der Waals surface area contributed by atoms with E-state index in [0.717, 1.165) is 25.2 Å². The molecule has 0 radical (unpaired) electrons. The van der Waals surface area contributed by atoms with Gasteiger partial charge in [-0.05, 0) is 62.6 Å². The molecule has 2 aromatic rings. The Morgan fingerprint density at radius 2 is 1.84 bits per heavy atom. The summed E-state index contributed by atoms with van der Waals surface area (Å²) in [5.74, 6) is 0.428. The van der Waals surface area contributed by atoms with Crippen molar-refractivity contribution >= 4 is 23.1 Å². The summed E-state index contributed by atoms with van der Waals surface area (Å²) in [5, 5.41) is 14.2. The Balaban J connectivity index is 1.60. The van der Waals surface area contributed by atoms with Gasteiger partial charge in [-0.2, -0.15) is 0 Å². The molecule has 6 heteroatoms. The van der Waals surface area contributed by atoms with Crippen LogP contribution >= 0.6 is 0 Å². The van der Waals surface area contributed by atoms with Crippen LogP contribution < -0.4 is 15.5 Å². The number of nitrogens with one attached hydrogen (secondary N) is 2. The van der Waals surface area contributed by atoms with Gasteiger partial charge in [0.15, 0.2) is 11.5 Å². The molecule has 1 atom stereocenters. The lowest BCUT2D eigenvalue weighted by molar-refractivity contribution is 0.0933. The minimum atomic E-state index is -0.191. The minimum Gasteiger partial charge on any atom is -0.372 e. The van der Waals surface area contributed by atoms with Gasteiger partial charge >= 0.3 is 0 Å². The highest BCUT2D eigenvalue weighted by Crippen LogP contribution is 2.23. The van der Waals surface area contributed by atoms with Crippen molar-refractivity contribution in [3.05, 3.63) is 42.1 Å². The molecule has 1 aliphatic heterocycles. The van der Waals surface area contributed by atoms with Crippen LogP contribution in [0.25, 0.3) is 0 Å². The van der Waals surface area contributed by atoms with Crippen molar-refractivity contribution in [2.75, 3.05) is 23.3 Å². The normalized spacial score (nSPS) is 15.0. The summed E-state index contributed by atoms with van der Waals surface area (Å²) in [6.45, 7) is 6.27. The van der Waals surface area contributed by atoms with Crippen LogP contribution in [0.3, 0.4) is 0 Å². The Bertz CT molecular complexity index is 693. The molecular formula is C19H25N5O. The van der Waals surface area contributed by atoms with Crippen molar-refractivity contribution in [2.24, 2.45) is 0 Å². The lowest BCUT2D eigenvalue weighted by atomic mass is 10.2. The first-order chi connectivity index (χ1) is 12.2. The monoisotopic (exact) mass is 339 g/mol. The third-order valence-corrected chi connectivity index (χ3v) is 4.50. The number of carbonyl (C=O) groups is 1. The number of aromatic nitrogens is 2. The fourth-order valence-corrected chi connectivity index (χ4v) is 2.80. The molecular weight excluding hydrogens is 314 g/mol. The molecule has 132 valence electrons. The molecule has 0 spiro atoms. The van der Waals surface area contributed by atoms with Gasteiger partial charge in [0.1, 0.15) is 0 Å². The molecule has 25 heavy (non-hydrogen) atoms. The van der Waals surface area contributed by atoms with Gasteiger partial charge in [-0.1, -0.05) is 6.92 Å². The first-order valence-corrected chi connectivity index (χ1v) is 8.92. The van der Waals surface area contributed by atoms with Gasteiger partial charge in [-0.25, -0.2) is 0 Å². The summed E-state index contributed by atoms with van der Waals surface area (Å²) in [6, 6.07) is 11.9. The smallest absolute Gasteiger partial charge is 0.272 e. The average molecular weight is 339 g/mol. The summed E-state index contributed by atoms with van der Waals surface area (Å²) >= 11 is 0. The van der Waals surface area contributed by atoms with Crippen molar-refractivity contribution in [1.29, 1.82) is 0 Å². The molecule has 2 N–H and O–H groups in total. The standard InChI is InChI=1S/C19H25N5O/c1-3-14(2)20-19(25)17-10-11-18(23-22-17)21-15-6-8-16(9-7-15)24-12-4-5-13-24/h6-11,14H,3-5,12-13H2,1-2H3,(H,20,25)(H,21,23). The Hall–Kier alpha value is -2.63. The van der Waals surface area contributed by atoms with E-state index in [1.165, 1.54) is 18.5 Å². The molecule has 1 aromatic heterocycles. The van der Waals surface area contributed by atoms with E-state index in [2.05, 4.69) is 37.9 Å². The van der Waals surface area contributed by atoms with E-state index >= 15 is 0 Å². The number of benzene rings is 1. The van der Waals surface area contributed by atoms with Crippen molar-refractivity contribution in [1.82, 2.24) is 15.5 Å². The van der Waals surface area contributed by atoms with E-state index in [9.17, 15) is 4.79 Å². The topological polar surface area (TPSA) is 70.2 Å². The lowest BCUT2D eigenvalue weighted by Gasteiger charge is -2.17. The van der Waals surface area contributed by atoms with Crippen molar-refractivity contribution in [3.8, 4) is 0 Å². The van der Waals surface area contributed by atoms with Gasteiger partial charge in [0.2, 0.25) is 0 Å². The fourth-order valence-electron chi connectivity index (χ4n) is 2.80. The summed E-state index contributed by atoms with van der Waals surface area (Å²) in [6.07, 6.45) is 3.42. The fraction of sp³-hybridized carbons (Fsp3) is 0.421. The largest absolute Gasteiger partial charge is 0.372 e. The van der Waals surface area contributed by atoms with Crippen LogP contribution in [0, 0.1) is 0 Å². The number of nitrogens with zero attached hydrogens (tertiary/aromatic N) is 3. The van der Waals surface area contributed by atoms with Gasteiger partial charge in [0, 0.05) is 30.5 Å². The zero-order valence-electron chi connectivity index (χ0n) is 14.8. The summed E-state index contributed by atoms with van der Waals surface area (Å²) in [4.78, 5) is 14.4. The predicted molar refractivity (Wildman–Crippen MR) is 100 cm³/mol. The van der Waals surface area contributed by atoms with E-state index < -0.39 is 0 Å². The maximum absolute atomic E-state index is 12.0. The van der Waals surface area contributed by atoms with Gasteiger partial charge in [0.25, 0.3) is 5.91 Å². The van der Waals surface area contributed by atoms with Crippen LogP contribution in [0.15, 0.2) is 36.4 Å². The zero-order chi connectivity index (χ0) is 17.6. The molecule has 2 heterocycles. The van der Waals surface area contributed by atoms with E-state index in [4.69, 9.17) is 0 Å². The van der Waals surface area contributed by atoms with Gasteiger partial charge in [-0.3, -0.25) is 4.79 Å². The Labute approximate surface area is 148 Å². The first-order valence-electron chi connectivity index (χ1n) is 8.92. The van der Waals surface area contributed by atoms with Crippen molar-refractivity contribution < 1.29 is 4.79 Å². The first kappa shape index (κ1) is 17.2. The second-order valence-electron chi connectivity index (χ2n) is 6.45. The van der Waals surface area contributed by atoms with Crippen LogP contribution in [-0.4, -0.2) is 35.2 Å². The number of anilines is 3. The van der Waals surface area contributed by atoms with E-state index in [1.807, 2.05) is 26.0 Å². The Kier molecular flexibility index (Phi) is 5.48. The number of rotatable bonds is 6. The Morgan fingerprint density at radius 1 is 1.12 bits per heavy atom. The molecule has 0 aliphatic carbocycles. The van der Waals surface area contributed by atoms with E-state index in [-0.39, 0.29) is 11.9 Å². The van der Waals surface area contributed by atoms with Gasteiger partial charge in [-0.15, -0.1) is 10.2 Å². The number of hydrogen-bond acceptors (Lipinski definition) is 5. The highest BCUT2D eigenvalue weighted by Gasteiger charge is 2.12. The lowest BCUT2D eigenvalue weighted by Crippen LogP contribution is -2.32. The predicted octanol–water partition coefficient (Wildman–Crippen LogP) is 3.35. The summed E-state index contributed by atoms with van der Waals surface area (Å²) in [7, 11) is 0. The number of hydrogen-bond donors (Lipinski definition) is 2. The summed E-state index contributed by atoms with van der Waals surface area (Å²) in [5.41, 5.74) is 2.54. The van der Waals surface area contributed by atoms with Crippen LogP contribution in [0.5, 0.6) is 0 Å². The third-order valence-electron chi connectivity index (χ3n) is 4.50. The molecule has 1 unspecified atom stereocenters. The average Bonchev–Trinajstić information content (AvgIpc) is 3.17. The van der Waals surface area contributed by atoms with Gasteiger partial charge in [0.05, 0.1) is 0 Å². The Morgan fingerprint density at radius 3 is 2.44 bits per heavy atom.